The highest BCUT2D eigenvalue weighted by atomic mass is 16.5. The monoisotopic (exact) mass is 381 g/mol. The van der Waals surface area contributed by atoms with E-state index < -0.39 is 0 Å². The molecule has 0 fully saturated rings. The number of esters is 1. The molecule has 150 valence electrons. The maximum absolute atomic E-state index is 11.9. The lowest BCUT2D eigenvalue weighted by Gasteiger charge is -2.27. The summed E-state index contributed by atoms with van der Waals surface area (Å²) in [6, 6.07) is 12.1. The number of nitrogens with zero attached hydrogens (tertiary/aromatic N) is 1. The first-order valence-electron chi connectivity index (χ1n) is 10.1. The van der Waals surface area contributed by atoms with Gasteiger partial charge in [-0.1, -0.05) is 27.7 Å². The molecule has 0 radical (unpaired) electrons. The number of fused-ring (bicyclic) bond motifs is 1. The molecule has 1 aliphatic rings. The summed E-state index contributed by atoms with van der Waals surface area (Å²) in [5.41, 5.74) is 5.32. The Hall–Kier alpha value is -2.49. The van der Waals surface area contributed by atoms with Crippen molar-refractivity contribution in [2.75, 3.05) is 24.7 Å². The van der Waals surface area contributed by atoms with Gasteiger partial charge in [0.1, 0.15) is 5.75 Å². The molecular formula is C24H31NO3. The van der Waals surface area contributed by atoms with Crippen molar-refractivity contribution in [1.82, 2.24) is 0 Å². The second-order valence-corrected chi connectivity index (χ2v) is 8.25. The van der Waals surface area contributed by atoms with E-state index in [9.17, 15) is 4.79 Å². The quantitative estimate of drug-likeness (QED) is 0.592. The van der Waals surface area contributed by atoms with Gasteiger partial charge in [-0.15, -0.1) is 0 Å². The maximum atomic E-state index is 11.9. The van der Waals surface area contributed by atoms with Crippen LogP contribution in [0.15, 0.2) is 36.4 Å². The average Bonchev–Trinajstić information content (AvgIpc) is 2.97. The molecule has 0 unspecified atom stereocenters. The highest BCUT2D eigenvalue weighted by molar-refractivity contribution is 5.90. The minimum Gasteiger partial charge on any atom is -0.492 e. The molecule has 0 aromatic heterocycles. The predicted octanol–water partition coefficient (Wildman–Crippen LogP) is 5.81. The van der Waals surface area contributed by atoms with Gasteiger partial charge in [0.25, 0.3) is 0 Å². The van der Waals surface area contributed by atoms with Crippen LogP contribution in [0.5, 0.6) is 5.75 Å². The fraction of sp³-hybridized carbons (Fsp3) is 0.458. The number of carbonyl (C=O) groups is 1. The van der Waals surface area contributed by atoms with Crippen LogP contribution in [0.25, 0.3) is 0 Å². The van der Waals surface area contributed by atoms with Gasteiger partial charge in [0.2, 0.25) is 0 Å². The van der Waals surface area contributed by atoms with Crippen molar-refractivity contribution in [2.45, 2.75) is 52.9 Å². The largest absolute Gasteiger partial charge is 0.492 e. The fourth-order valence-corrected chi connectivity index (χ4v) is 3.72. The lowest BCUT2D eigenvalue weighted by Crippen LogP contribution is -2.20. The Morgan fingerprint density at radius 1 is 1.14 bits per heavy atom. The molecule has 0 saturated heterocycles. The highest BCUT2D eigenvalue weighted by Gasteiger charge is 2.35. The molecule has 1 heterocycles. The first kappa shape index (κ1) is 20.2. The molecular weight excluding hydrogens is 350 g/mol. The van der Waals surface area contributed by atoms with E-state index in [0.717, 1.165) is 23.7 Å². The van der Waals surface area contributed by atoms with Crippen molar-refractivity contribution >= 4 is 17.3 Å². The summed E-state index contributed by atoms with van der Waals surface area (Å²) >= 11 is 0. The minimum absolute atomic E-state index is 0.00215. The van der Waals surface area contributed by atoms with Gasteiger partial charge < -0.3 is 14.4 Å². The topological polar surface area (TPSA) is 38.8 Å². The van der Waals surface area contributed by atoms with E-state index in [4.69, 9.17) is 9.47 Å². The summed E-state index contributed by atoms with van der Waals surface area (Å²) < 4.78 is 11.2. The number of benzene rings is 2. The van der Waals surface area contributed by atoms with Crippen LogP contribution in [0.3, 0.4) is 0 Å². The van der Waals surface area contributed by atoms with E-state index >= 15 is 0 Å². The first-order chi connectivity index (χ1) is 13.3. The van der Waals surface area contributed by atoms with Crippen LogP contribution in [-0.4, -0.2) is 25.7 Å². The van der Waals surface area contributed by atoms with E-state index in [1.165, 1.54) is 11.1 Å². The summed E-state index contributed by atoms with van der Waals surface area (Å²) in [6.45, 7) is 14.8. The van der Waals surface area contributed by atoms with Crippen molar-refractivity contribution in [3.63, 3.8) is 0 Å². The highest BCUT2D eigenvalue weighted by Crippen LogP contribution is 2.46. The Bertz CT molecular complexity index is 853. The Balaban J connectivity index is 2.01. The van der Waals surface area contributed by atoms with Crippen LogP contribution in [0.2, 0.25) is 0 Å². The van der Waals surface area contributed by atoms with Crippen molar-refractivity contribution in [3.05, 3.63) is 53.1 Å². The standard InChI is InChI=1S/C24H31NO3/c1-7-25(18-11-9-17(10-12-18)23(26)27-8-2)19-13-20(16(3)4)22-21(14-19)24(5,6)15-28-22/h9-14,16H,7-8,15H2,1-6H3. The van der Waals surface area contributed by atoms with Gasteiger partial charge in [0.05, 0.1) is 18.8 Å². The van der Waals surface area contributed by atoms with Gasteiger partial charge in [0.15, 0.2) is 0 Å². The third-order valence-electron chi connectivity index (χ3n) is 5.35. The zero-order valence-electron chi connectivity index (χ0n) is 17.8. The number of anilines is 2. The summed E-state index contributed by atoms with van der Waals surface area (Å²) in [5, 5.41) is 0. The third-order valence-corrected chi connectivity index (χ3v) is 5.35. The number of hydrogen-bond acceptors (Lipinski definition) is 4. The molecule has 4 heteroatoms. The normalized spacial score (nSPS) is 14.5. The molecule has 0 spiro atoms. The van der Waals surface area contributed by atoms with Gasteiger partial charge >= 0.3 is 5.97 Å². The van der Waals surface area contributed by atoms with Crippen LogP contribution in [0.1, 0.15) is 68.9 Å². The first-order valence-corrected chi connectivity index (χ1v) is 10.1. The minimum atomic E-state index is -0.282. The third kappa shape index (κ3) is 3.73. The SMILES string of the molecule is CCOC(=O)c1ccc(N(CC)c2cc(C(C)C)c3c(c2)C(C)(C)CO3)cc1. The lowest BCUT2D eigenvalue weighted by atomic mass is 9.84. The summed E-state index contributed by atoms with van der Waals surface area (Å²) in [4.78, 5) is 14.2. The van der Waals surface area contributed by atoms with Gasteiger partial charge in [-0.3, -0.25) is 0 Å². The molecule has 1 aliphatic heterocycles. The number of rotatable bonds is 6. The van der Waals surface area contributed by atoms with E-state index in [2.05, 4.69) is 51.7 Å². The van der Waals surface area contributed by atoms with Gasteiger partial charge in [0, 0.05) is 28.9 Å². The fourth-order valence-electron chi connectivity index (χ4n) is 3.72. The van der Waals surface area contributed by atoms with E-state index in [0.29, 0.717) is 24.7 Å². The number of ether oxygens (including phenoxy) is 2. The molecule has 0 atom stereocenters. The molecule has 0 saturated carbocycles. The predicted molar refractivity (Wildman–Crippen MR) is 114 cm³/mol. The average molecular weight is 382 g/mol. The second-order valence-electron chi connectivity index (χ2n) is 8.25. The molecule has 3 rings (SSSR count). The molecule has 4 nitrogen and oxygen atoms in total. The van der Waals surface area contributed by atoms with Crippen molar-refractivity contribution < 1.29 is 14.3 Å². The van der Waals surface area contributed by atoms with Crippen molar-refractivity contribution in [3.8, 4) is 5.75 Å². The summed E-state index contributed by atoms with van der Waals surface area (Å²) in [7, 11) is 0. The maximum Gasteiger partial charge on any atom is 0.338 e. The van der Waals surface area contributed by atoms with Gasteiger partial charge in [-0.25, -0.2) is 4.79 Å². The van der Waals surface area contributed by atoms with Gasteiger partial charge in [-0.05, 0) is 61.7 Å². The number of carbonyl (C=O) groups excluding carboxylic acids is 1. The zero-order chi connectivity index (χ0) is 20.5. The molecule has 0 bridgehead atoms. The van der Waals surface area contributed by atoms with Crippen LogP contribution in [0, 0.1) is 0 Å². The van der Waals surface area contributed by atoms with Crippen LogP contribution in [-0.2, 0) is 10.2 Å². The number of hydrogen-bond donors (Lipinski definition) is 0. The summed E-state index contributed by atoms with van der Waals surface area (Å²) in [5.74, 6) is 1.15. The lowest BCUT2D eigenvalue weighted by molar-refractivity contribution is 0.0526. The zero-order valence-corrected chi connectivity index (χ0v) is 17.8. The molecule has 0 aliphatic carbocycles. The van der Waals surface area contributed by atoms with E-state index in [-0.39, 0.29) is 11.4 Å². The van der Waals surface area contributed by atoms with Crippen molar-refractivity contribution in [2.24, 2.45) is 0 Å². The van der Waals surface area contributed by atoms with E-state index in [1.54, 1.807) is 0 Å². The Morgan fingerprint density at radius 3 is 2.39 bits per heavy atom. The Labute approximate surface area is 168 Å². The van der Waals surface area contributed by atoms with Crippen LogP contribution >= 0.6 is 0 Å². The molecule has 28 heavy (non-hydrogen) atoms. The molecule has 0 amide bonds. The second kappa shape index (κ2) is 7.86. The Morgan fingerprint density at radius 2 is 1.82 bits per heavy atom. The molecule has 0 N–H and O–H groups in total. The van der Waals surface area contributed by atoms with Crippen LogP contribution in [0.4, 0.5) is 11.4 Å². The molecule has 2 aromatic carbocycles. The summed E-state index contributed by atoms with van der Waals surface area (Å²) in [6.07, 6.45) is 0. The van der Waals surface area contributed by atoms with Gasteiger partial charge in [-0.2, -0.15) is 0 Å². The van der Waals surface area contributed by atoms with Crippen molar-refractivity contribution in [1.29, 1.82) is 0 Å². The molecule has 2 aromatic rings. The smallest absolute Gasteiger partial charge is 0.338 e. The Kier molecular flexibility index (Phi) is 5.69. The van der Waals surface area contributed by atoms with E-state index in [1.807, 2.05) is 31.2 Å². The van der Waals surface area contributed by atoms with Crippen LogP contribution < -0.4 is 9.64 Å².